The van der Waals surface area contributed by atoms with Gasteiger partial charge in [-0.15, -0.1) is 0 Å². The first-order valence-corrected chi connectivity index (χ1v) is 11.3. The summed E-state index contributed by atoms with van der Waals surface area (Å²) in [5.41, 5.74) is 3.32. The van der Waals surface area contributed by atoms with Crippen LogP contribution in [0.2, 0.25) is 0 Å². The van der Waals surface area contributed by atoms with Crippen molar-refractivity contribution in [2.24, 2.45) is 5.92 Å². The number of nitrogens with one attached hydrogen (secondary N) is 1. The average Bonchev–Trinajstić information content (AvgIpc) is 2.64. The van der Waals surface area contributed by atoms with Crippen molar-refractivity contribution < 1.29 is 18.3 Å². The summed E-state index contributed by atoms with van der Waals surface area (Å²) in [7, 11) is -3.91. The lowest BCUT2D eigenvalue weighted by molar-refractivity contribution is 0.0698. The summed E-state index contributed by atoms with van der Waals surface area (Å²) in [6, 6.07) is 8.34. The summed E-state index contributed by atoms with van der Waals surface area (Å²) in [5, 5.41) is 9.69. The van der Waals surface area contributed by atoms with Crippen molar-refractivity contribution in [1.82, 2.24) is 0 Å². The van der Waals surface area contributed by atoms with Gasteiger partial charge in [-0.3, -0.25) is 4.72 Å². The minimum absolute atomic E-state index is 0.0502. The van der Waals surface area contributed by atoms with Gasteiger partial charge < -0.3 is 10.0 Å². The quantitative estimate of drug-likeness (QED) is 0.757. The number of hydrogen-bond acceptors (Lipinski definition) is 4. The summed E-state index contributed by atoms with van der Waals surface area (Å²) in [5.74, 6) is -0.616. The van der Waals surface area contributed by atoms with Gasteiger partial charge in [0.1, 0.15) is 0 Å². The highest BCUT2D eigenvalue weighted by molar-refractivity contribution is 7.92. The predicted molar refractivity (Wildman–Crippen MR) is 115 cm³/mol. The number of carboxylic acids is 1. The SMILES string of the molecule is Cc1cc(C)c(S(=O)(=O)Nc2ccc(N3CCCC(C)C3)cc2C(=O)O)cc1C. The van der Waals surface area contributed by atoms with E-state index in [0.29, 0.717) is 11.5 Å². The van der Waals surface area contributed by atoms with E-state index in [2.05, 4.69) is 16.5 Å². The van der Waals surface area contributed by atoms with Crippen LogP contribution in [0.4, 0.5) is 11.4 Å². The Morgan fingerprint density at radius 3 is 2.45 bits per heavy atom. The van der Waals surface area contributed by atoms with Crippen LogP contribution in [0.5, 0.6) is 0 Å². The normalized spacial score (nSPS) is 17.2. The molecule has 1 atom stereocenters. The van der Waals surface area contributed by atoms with E-state index in [-0.39, 0.29) is 16.1 Å². The van der Waals surface area contributed by atoms with Crippen LogP contribution in [0.15, 0.2) is 35.2 Å². The van der Waals surface area contributed by atoms with Crippen LogP contribution in [0.3, 0.4) is 0 Å². The predicted octanol–water partition coefficient (Wildman–Crippen LogP) is 4.35. The number of aryl methyl sites for hydroxylation is 3. The maximum Gasteiger partial charge on any atom is 0.337 e. The van der Waals surface area contributed by atoms with Crippen LogP contribution < -0.4 is 9.62 Å². The highest BCUT2D eigenvalue weighted by atomic mass is 32.2. The zero-order chi connectivity index (χ0) is 21.3. The fourth-order valence-electron chi connectivity index (χ4n) is 3.84. The van der Waals surface area contributed by atoms with Crippen LogP contribution in [0.1, 0.15) is 46.8 Å². The van der Waals surface area contributed by atoms with E-state index in [9.17, 15) is 18.3 Å². The Morgan fingerprint density at radius 1 is 1.10 bits per heavy atom. The molecule has 2 aromatic carbocycles. The zero-order valence-corrected chi connectivity index (χ0v) is 18.1. The van der Waals surface area contributed by atoms with Gasteiger partial charge in [0, 0.05) is 18.8 Å². The molecule has 1 unspecified atom stereocenters. The molecular formula is C22H28N2O4S. The second-order valence-electron chi connectivity index (χ2n) is 8.04. The third-order valence-electron chi connectivity index (χ3n) is 5.58. The first-order valence-electron chi connectivity index (χ1n) is 9.81. The Kier molecular flexibility index (Phi) is 5.89. The second-order valence-corrected chi connectivity index (χ2v) is 9.69. The van der Waals surface area contributed by atoms with Crippen LogP contribution in [0, 0.1) is 26.7 Å². The molecule has 0 spiro atoms. The number of piperidine rings is 1. The van der Waals surface area contributed by atoms with E-state index in [4.69, 9.17) is 0 Å². The van der Waals surface area contributed by atoms with Crippen molar-refractivity contribution in [3.8, 4) is 0 Å². The van der Waals surface area contributed by atoms with E-state index >= 15 is 0 Å². The number of rotatable bonds is 5. The Bertz CT molecular complexity index is 1050. The molecule has 0 bridgehead atoms. The van der Waals surface area contributed by atoms with Gasteiger partial charge in [0.25, 0.3) is 10.0 Å². The Balaban J connectivity index is 1.96. The van der Waals surface area contributed by atoms with Crippen LogP contribution in [-0.4, -0.2) is 32.6 Å². The third-order valence-corrected chi connectivity index (χ3v) is 7.09. The van der Waals surface area contributed by atoms with Gasteiger partial charge in [-0.05, 0) is 80.5 Å². The molecule has 2 aromatic rings. The summed E-state index contributed by atoms with van der Waals surface area (Å²) in [4.78, 5) is 14.2. The lowest BCUT2D eigenvalue weighted by atomic mass is 9.99. The summed E-state index contributed by atoms with van der Waals surface area (Å²) in [6.45, 7) is 9.43. The lowest BCUT2D eigenvalue weighted by Gasteiger charge is -2.33. The number of benzene rings is 2. The fourth-order valence-corrected chi connectivity index (χ4v) is 5.23. The highest BCUT2D eigenvalue weighted by Crippen LogP contribution is 2.29. The van der Waals surface area contributed by atoms with Gasteiger partial charge in [0.15, 0.2) is 0 Å². The van der Waals surface area contributed by atoms with E-state index in [0.717, 1.165) is 42.7 Å². The smallest absolute Gasteiger partial charge is 0.337 e. The Labute approximate surface area is 172 Å². The first kappa shape index (κ1) is 21.2. The van der Waals surface area contributed by atoms with E-state index in [1.807, 2.05) is 19.9 Å². The first-order chi connectivity index (χ1) is 13.6. The number of nitrogens with zero attached hydrogens (tertiary/aromatic N) is 1. The number of carbonyl (C=O) groups is 1. The van der Waals surface area contributed by atoms with Crippen molar-refractivity contribution in [2.75, 3.05) is 22.7 Å². The van der Waals surface area contributed by atoms with Crippen molar-refractivity contribution >= 4 is 27.4 Å². The summed E-state index contributed by atoms with van der Waals surface area (Å²) < 4.78 is 28.4. The van der Waals surface area contributed by atoms with Gasteiger partial charge in [-0.25, -0.2) is 13.2 Å². The Morgan fingerprint density at radius 2 is 1.79 bits per heavy atom. The third kappa shape index (κ3) is 4.56. The summed E-state index contributed by atoms with van der Waals surface area (Å²) in [6.07, 6.45) is 2.22. The van der Waals surface area contributed by atoms with Gasteiger partial charge >= 0.3 is 5.97 Å². The van der Waals surface area contributed by atoms with Gasteiger partial charge in [-0.1, -0.05) is 13.0 Å². The lowest BCUT2D eigenvalue weighted by Crippen LogP contribution is -2.34. The minimum Gasteiger partial charge on any atom is -0.478 e. The molecule has 1 saturated heterocycles. The molecule has 0 amide bonds. The molecule has 29 heavy (non-hydrogen) atoms. The maximum atomic E-state index is 13.0. The van der Waals surface area contributed by atoms with Crippen molar-refractivity contribution in [1.29, 1.82) is 0 Å². The van der Waals surface area contributed by atoms with E-state index in [1.54, 1.807) is 31.2 Å². The van der Waals surface area contributed by atoms with Crippen molar-refractivity contribution in [3.63, 3.8) is 0 Å². The monoisotopic (exact) mass is 416 g/mol. The van der Waals surface area contributed by atoms with Crippen LogP contribution >= 0.6 is 0 Å². The van der Waals surface area contributed by atoms with Gasteiger partial charge in [0.2, 0.25) is 0 Å². The number of hydrogen-bond donors (Lipinski definition) is 2. The number of aromatic carboxylic acids is 1. The zero-order valence-electron chi connectivity index (χ0n) is 17.3. The number of sulfonamides is 1. The average molecular weight is 417 g/mol. The van der Waals surface area contributed by atoms with Crippen LogP contribution in [0.25, 0.3) is 0 Å². The van der Waals surface area contributed by atoms with E-state index in [1.165, 1.54) is 0 Å². The maximum absolute atomic E-state index is 13.0. The minimum atomic E-state index is -3.91. The summed E-state index contributed by atoms with van der Waals surface area (Å²) >= 11 is 0. The van der Waals surface area contributed by atoms with Gasteiger partial charge in [0.05, 0.1) is 16.1 Å². The molecule has 2 N–H and O–H groups in total. The largest absolute Gasteiger partial charge is 0.478 e. The highest BCUT2D eigenvalue weighted by Gasteiger charge is 2.23. The fraction of sp³-hybridized carbons (Fsp3) is 0.409. The van der Waals surface area contributed by atoms with Crippen molar-refractivity contribution in [2.45, 2.75) is 45.4 Å². The molecule has 156 valence electrons. The molecule has 6 nitrogen and oxygen atoms in total. The molecule has 1 fully saturated rings. The Hall–Kier alpha value is -2.54. The molecule has 0 saturated carbocycles. The molecule has 0 aliphatic carbocycles. The number of carboxylic acid groups (broad SMARTS) is 1. The molecule has 1 aliphatic rings. The van der Waals surface area contributed by atoms with Crippen LogP contribution in [-0.2, 0) is 10.0 Å². The van der Waals surface area contributed by atoms with Gasteiger partial charge in [-0.2, -0.15) is 0 Å². The van der Waals surface area contributed by atoms with E-state index < -0.39 is 16.0 Å². The molecule has 0 radical (unpaired) electrons. The molecule has 7 heteroatoms. The molecular weight excluding hydrogens is 388 g/mol. The molecule has 1 aliphatic heterocycles. The molecule has 3 rings (SSSR count). The molecule has 0 aromatic heterocycles. The second kappa shape index (κ2) is 8.06. The molecule has 1 heterocycles. The number of anilines is 2. The topological polar surface area (TPSA) is 86.7 Å². The van der Waals surface area contributed by atoms with Crippen molar-refractivity contribution in [3.05, 3.63) is 52.6 Å². The standard InChI is InChI=1S/C22H28N2O4S/c1-14-6-5-9-24(13-14)18-7-8-20(19(12-18)22(25)26)23-29(27,28)21-11-16(3)15(2)10-17(21)4/h7-8,10-12,14,23H,5-6,9,13H2,1-4H3,(H,25,26).